The van der Waals surface area contributed by atoms with Gasteiger partial charge in [-0.25, -0.2) is 4.98 Å². The fourth-order valence-corrected chi connectivity index (χ4v) is 2.75. The first-order valence-electron chi connectivity index (χ1n) is 7.80. The van der Waals surface area contributed by atoms with Gasteiger partial charge in [-0.15, -0.1) is 0 Å². The molecule has 0 aromatic carbocycles. The summed E-state index contributed by atoms with van der Waals surface area (Å²) < 4.78 is 0. The molecule has 1 aromatic heterocycles. The van der Waals surface area contributed by atoms with Crippen molar-refractivity contribution in [1.29, 1.82) is 0 Å². The smallest absolute Gasteiger partial charge is 0.131 e. The van der Waals surface area contributed by atoms with Crippen LogP contribution < -0.4 is 10.6 Å². The number of hydrogen-bond acceptors (Lipinski definition) is 4. The second-order valence-corrected chi connectivity index (χ2v) is 5.98. The largest absolute Gasteiger partial charge is 0.354 e. The normalized spacial score (nSPS) is 18.6. The molecule has 2 heterocycles. The van der Waals surface area contributed by atoms with Gasteiger partial charge in [0.1, 0.15) is 5.82 Å². The number of pyridine rings is 1. The van der Waals surface area contributed by atoms with E-state index in [-0.39, 0.29) is 6.04 Å². The summed E-state index contributed by atoms with van der Waals surface area (Å²) in [6.07, 6.45) is 3.82. The average Bonchev–Trinajstić information content (AvgIpc) is 2.48. The fourth-order valence-electron chi connectivity index (χ4n) is 2.75. The van der Waals surface area contributed by atoms with Crippen molar-refractivity contribution in [2.45, 2.75) is 45.7 Å². The number of rotatable bonds is 5. The van der Waals surface area contributed by atoms with Gasteiger partial charge in [0.2, 0.25) is 0 Å². The Morgan fingerprint density at radius 3 is 2.55 bits per heavy atom. The highest BCUT2D eigenvalue weighted by molar-refractivity contribution is 5.47. The van der Waals surface area contributed by atoms with E-state index < -0.39 is 0 Å². The first-order chi connectivity index (χ1) is 9.61. The van der Waals surface area contributed by atoms with Gasteiger partial charge < -0.3 is 10.6 Å². The second-order valence-electron chi connectivity index (χ2n) is 5.98. The van der Waals surface area contributed by atoms with E-state index >= 15 is 0 Å². The minimum absolute atomic E-state index is 0.231. The summed E-state index contributed by atoms with van der Waals surface area (Å²) in [6.45, 7) is 11.0. The third-order valence-electron chi connectivity index (χ3n) is 4.22. The Kier molecular flexibility index (Phi) is 5.38. The third-order valence-corrected chi connectivity index (χ3v) is 4.22. The van der Waals surface area contributed by atoms with Crippen molar-refractivity contribution in [2.75, 3.05) is 31.1 Å². The number of nitrogens with zero attached hydrogens (tertiary/aromatic N) is 3. The number of hydrogen-bond donors (Lipinski definition) is 1. The molecule has 0 spiro atoms. The highest BCUT2D eigenvalue weighted by Crippen LogP contribution is 2.21. The molecule has 0 saturated carbocycles. The van der Waals surface area contributed by atoms with Crippen LogP contribution in [0.4, 0.5) is 5.82 Å². The lowest BCUT2D eigenvalue weighted by Gasteiger charge is -2.38. The molecule has 4 heteroatoms. The molecule has 4 nitrogen and oxygen atoms in total. The van der Waals surface area contributed by atoms with Crippen LogP contribution in [0, 0.1) is 0 Å². The molecule has 112 valence electrons. The van der Waals surface area contributed by atoms with Crippen molar-refractivity contribution < 1.29 is 0 Å². The zero-order valence-electron chi connectivity index (χ0n) is 13.0. The fraction of sp³-hybridized carbons (Fsp3) is 0.688. The Balaban J connectivity index is 2.06. The highest BCUT2D eigenvalue weighted by atomic mass is 15.3. The van der Waals surface area contributed by atoms with Crippen molar-refractivity contribution >= 4 is 5.82 Å². The first kappa shape index (κ1) is 15.3. The average molecular weight is 276 g/mol. The van der Waals surface area contributed by atoms with Gasteiger partial charge in [-0.1, -0.05) is 13.0 Å². The van der Waals surface area contributed by atoms with Gasteiger partial charge in [0.25, 0.3) is 0 Å². The van der Waals surface area contributed by atoms with E-state index in [1.165, 1.54) is 5.56 Å². The maximum absolute atomic E-state index is 6.11. The van der Waals surface area contributed by atoms with E-state index in [1.54, 1.807) is 0 Å². The van der Waals surface area contributed by atoms with Crippen LogP contribution in [0.15, 0.2) is 18.3 Å². The summed E-state index contributed by atoms with van der Waals surface area (Å²) in [5.74, 6) is 1.14. The van der Waals surface area contributed by atoms with Gasteiger partial charge in [-0.05, 0) is 38.3 Å². The van der Waals surface area contributed by atoms with Crippen LogP contribution in [-0.4, -0.2) is 48.1 Å². The minimum Gasteiger partial charge on any atom is -0.354 e. The predicted molar refractivity (Wildman–Crippen MR) is 85.1 cm³/mol. The van der Waals surface area contributed by atoms with Gasteiger partial charge in [-0.2, -0.15) is 0 Å². The zero-order valence-corrected chi connectivity index (χ0v) is 13.0. The standard InChI is InChI=1S/C16H28N4/c1-4-15(17)12-14-6-5-7-18-16(14)20-10-8-19(9-11-20)13(2)3/h5-7,13,15H,4,8-12,17H2,1-3H3. The van der Waals surface area contributed by atoms with Crippen molar-refractivity contribution in [2.24, 2.45) is 5.73 Å². The molecule has 1 atom stereocenters. The maximum Gasteiger partial charge on any atom is 0.131 e. The molecule has 1 aliphatic heterocycles. The molecule has 1 aliphatic rings. The van der Waals surface area contributed by atoms with Crippen molar-refractivity contribution in [1.82, 2.24) is 9.88 Å². The van der Waals surface area contributed by atoms with E-state index in [1.807, 2.05) is 12.3 Å². The van der Waals surface area contributed by atoms with Crippen molar-refractivity contribution in [3.05, 3.63) is 23.9 Å². The number of anilines is 1. The van der Waals surface area contributed by atoms with E-state index in [4.69, 9.17) is 5.73 Å². The first-order valence-corrected chi connectivity index (χ1v) is 7.80. The van der Waals surface area contributed by atoms with E-state index in [0.717, 1.165) is 44.8 Å². The van der Waals surface area contributed by atoms with Gasteiger partial charge in [-0.3, -0.25) is 4.90 Å². The number of nitrogens with two attached hydrogens (primary N) is 1. The Bertz CT molecular complexity index is 411. The molecule has 1 fully saturated rings. The molecule has 1 unspecified atom stereocenters. The lowest BCUT2D eigenvalue weighted by molar-refractivity contribution is 0.209. The Hall–Kier alpha value is -1.13. The van der Waals surface area contributed by atoms with Crippen molar-refractivity contribution in [3.8, 4) is 0 Å². The molecular weight excluding hydrogens is 248 g/mol. The third kappa shape index (κ3) is 3.70. The summed E-state index contributed by atoms with van der Waals surface area (Å²) in [7, 11) is 0. The summed E-state index contributed by atoms with van der Waals surface area (Å²) in [5, 5.41) is 0. The van der Waals surface area contributed by atoms with Gasteiger partial charge in [0, 0.05) is 44.5 Å². The molecule has 0 aliphatic carbocycles. The molecule has 1 saturated heterocycles. The Morgan fingerprint density at radius 2 is 1.95 bits per heavy atom. The van der Waals surface area contributed by atoms with Gasteiger partial charge in [0.05, 0.1) is 0 Å². The van der Waals surface area contributed by atoms with E-state index in [9.17, 15) is 0 Å². The zero-order chi connectivity index (χ0) is 14.5. The molecular formula is C16H28N4. The van der Waals surface area contributed by atoms with E-state index in [0.29, 0.717) is 6.04 Å². The molecule has 0 bridgehead atoms. The molecule has 20 heavy (non-hydrogen) atoms. The Labute approximate surface area is 123 Å². The van der Waals surface area contributed by atoms with E-state index in [2.05, 4.69) is 41.6 Å². The molecule has 2 rings (SSSR count). The number of aromatic nitrogens is 1. The van der Waals surface area contributed by atoms with Crippen LogP contribution in [0.25, 0.3) is 0 Å². The van der Waals surface area contributed by atoms with Crippen LogP contribution in [0.2, 0.25) is 0 Å². The quantitative estimate of drug-likeness (QED) is 0.892. The summed E-state index contributed by atoms with van der Waals surface area (Å²) in [6, 6.07) is 5.06. The summed E-state index contributed by atoms with van der Waals surface area (Å²) in [4.78, 5) is 9.55. The molecule has 0 amide bonds. The Morgan fingerprint density at radius 1 is 1.25 bits per heavy atom. The maximum atomic E-state index is 6.11. The van der Waals surface area contributed by atoms with Crippen LogP contribution in [0.1, 0.15) is 32.8 Å². The van der Waals surface area contributed by atoms with Crippen LogP contribution in [0.3, 0.4) is 0 Å². The summed E-state index contributed by atoms with van der Waals surface area (Å²) in [5.41, 5.74) is 7.40. The minimum atomic E-state index is 0.231. The monoisotopic (exact) mass is 276 g/mol. The molecule has 0 radical (unpaired) electrons. The molecule has 1 aromatic rings. The lowest BCUT2D eigenvalue weighted by Crippen LogP contribution is -2.49. The van der Waals surface area contributed by atoms with Crippen LogP contribution in [0.5, 0.6) is 0 Å². The van der Waals surface area contributed by atoms with Crippen LogP contribution >= 0.6 is 0 Å². The molecule has 2 N–H and O–H groups in total. The van der Waals surface area contributed by atoms with Gasteiger partial charge >= 0.3 is 0 Å². The van der Waals surface area contributed by atoms with Gasteiger partial charge in [0.15, 0.2) is 0 Å². The summed E-state index contributed by atoms with van der Waals surface area (Å²) >= 11 is 0. The van der Waals surface area contributed by atoms with Crippen LogP contribution in [-0.2, 0) is 6.42 Å². The van der Waals surface area contributed by atoms with Crippen molar-refractivity contribution in [3.63, 3.8) is 0 Å². The predicted octanol–water partition coefficient (Wildman–Crippen LogP) is 1.89. The number of piperazine rings is 1. The topological polar surface area (TPSA) is 45.4 Å². The lowest BCUT2D eigenvalue weighted by atomic mass is 10.0. The second kappa shape index (κ2) is 7.04. The highest BCUT2D eigenvalue weighted by Gasteiger charge is 2.21. The SMILES string of the molecule is CCC(N)Cc1cccnc1N1CCN(C(C)C)CC1.